The van der Waals surface area contributed by atoms with Gasteiger partial charge in [-0.2, -0.15) is 0 Å². The standard InChI is InChI=1S/C44H44N6O8/c51-39-10-9-38(41(52)48-39)50-43(54)33-8-6-30(23-34(33)44(50)55)57-19-3-1-2-18-56-29-13-16-49(17-14-29)42(53)28-20-31(21-28)58-40-11-5-27(24-46-40)26-4-7-32-35-25-45-15-12-36(35)47-37(32)22-26/h4-8,11-12,15,22-25,28-29,31,38,47H,1-3,9-10,13-14,16-21H2,(H,48,51,52). The maximum Gasteiger partial charge on any atom is 0.262 e. The monoisotopic (exact) mass is 784 g/mol. The van der Waals surface area contributed by atoms with Crippen LogP contribution in [0, 0.1) is 5.92 Å². The zero-order chi connectivity index (χ0) is 39.8. The Morgan fingerprint density at radius 3 is 2.40 bits per heavy atom. The molecule has 14 heteroatoms. The fourth-order valence-electron chi connectivity index (χ4n) is 8.44. The van der Waals surface area contributed by atoms with E-state index in [1.165, 1.54) is 0 Å². The van der Waals surface area contributed by atoms with Crippen molar-refractivity contribution in [3.05, 3.63) is 84.3 Å². The van der Waals surface area contributed by atoms with Crippen molar-refractivity contribution < 1.29 is 38.2 Å². The largest absolute Gasteiger partial charge is 0.494 e. The lowest BCUT2D eigenvalue weighted by atomic mass is 9.81. The van der Waals surface area contributed by atoms with Gasteiger partial charge < -0.3 is 24.1 Å². The number of fused-ring (bicyclic) bond motifs is 4. The van der Waals surface area contributed by atoms with Crippen molar-refractivity contribution in [1.29, 1.82) is 0 Å². The Morgan fingerprint density at radius 2 is 1.59 bits per heavy atom. The van der Waals surface area contributed by atoms with Gasteiger partial charge in [-0.05, 0) is 93.3 Å². The number of nitrogens with one attached hydrogen (secondary N) is 2. The molecule has 5 amide bonds. The molecular weight excluding hydrogens is 741 g/mol. The second-order valence-corrected chi connectivity index (χ2v) is 15.6. The molecule has 2 saturated heterocycles. The SMILES string of the molecule is O=C1CCC(N2C(=O)c3ccc(OCCCCCOC4CCN(C(=O)C5CC(Oc6ccc(-c7ccc8c(c7)[nH]c7ccncc78)cn6)C5)CC4)cc3C2=O)C(=O)N1. The Morgan fingerprint density at radius 1 is 0.776 bits per heavy atom. The molecule has 3 aromatic heterocycles. The van der Waals surface area contributed by atoms with E-state index in [1.807, 2.05) is 35.5 Å². The minimum Gasteiger partial charge on any atom is -0.494 e. The summed E-state index contributed by atoms with van der Waals surface area (Å²) in [7, 11) is 0. The van der Waals surface area contributed by atoms with Gasteiger partial charge in [-0.3, -0.25) is 39.2 Å². The molecule has 58 heavy (non-hydrogen) atoms. The summed E-state index contributed by atoms with van der Waals surface area (Å²) in [6.45, 7) is 2.47. The first-order valence-corrected chi connectivity index (χ1v) is 20.2. The number of aromatic amines is 1. The number of rotatable bonds is 13. The topological polar surface area (TPSA) is 173 Å². The third-order valence-corrected chi connectivity index (χ3v) is 11.8. The van der Waals surface area contributed by atoms with E-state index in [4.69, 9.17) is 14.2 Å². The van der Waals surface area contributed by atoms with Gasteiger partial charge in [0.05, 0.1) is 23.8 Å². The number of likely N-dealkylation sites (tertiary alicyclic amines) is 1. The number of unbranched alkanes of at least 4 members (excludes halogenated alkanes) is 2. The molecule has 298 valence electrons. The van der Waals surface area contributed by atoms with E-state index in [2.05, 4.69) is 38.5 Å². The maximum absolute atomic E-state index is 13.2. The molecule has 2 aromatic carbocycles. The quantitative estimate of drug-likeness (QED) is 0.113. The van der Waals surface area contributed by atoms with Crippen molar-refractivity contribution in [2.45, 2.75) is 76.0 Å². The number of hydrogen-bond acceptors (Lipinski definition) is 10. The van der Waals surface area contributed by atoms with Gasteiger partial charge in [-0.15, -0.1) is 0 Å². The molecular formula is C44H44N6O8. The third-order valence-electron chi connectivity index (χ3n) is 11.8. The number of ether oxygens (including phenoxy) is 3. The van der Waals surface area contributed by atoms with E-state index >= 15 is 0 Å². The van der Waals surface area contributed by atoms with Crippen LogP contribution in [0.1, 0.15) is 78.5 Å². The summed E-state index contributed by atoms with van der Waals surface area (Å²) in [5, 5.41) is 4.45. The van der Waals surface area contributed by atoms with Gasteiger partial charge in [0.15, 0.2) is 0 Å². The number of nitrogens with zero attached hydrogens (tertiary/aromatic N) is 4. The lowest BCUT2D eigenvalue weighted by molar-refractivity contribution is -0.144. The van der Waals surface area contributed by atoms with Crippen LogP contribution in [-0.4, -0.2) is 98.8 Å². The van der Waals surface area contributed by atoms with Gasteiger partial charge in [-0.25, -0.2) is 4.98 Å². The van der Waals surface area contributed by atoms with Crippen molar-refractivity contribution in [1.82, 2.24) is 30.1 Å². The van der Waals surface area contributed by atoms with Crippen LogP contribution in [0.4, 0.5) is 0 Å². The molecule has 1 unspecified atom stereocenters. The molecule has 2 N–H and O–H groups in total. The number of amides is 5. The van der Waals surface area contributed by atoms with Crippen LogP contribution in [0.2, 0.25) is 0 Å². The van der Waals surface area contributed by atoms with Gasteiger partial charge in [0.2, 0.25) is 23.6 Å². The van der Waals surface area contributed by atoms with Crippen LogP contribution < -0.4 is 14.8 Å². The van der Waals surface area contributed by atoms with Crippen molar-refractivity contribution >= 4 is 51.3 Å². The number of aromatic nitrogens is 3. The number of hydrogen-bond donors (Lipinski definition) is 2. The number of imide groups is 2. The lowest BCUT2D eigenvalue weighted by Crippen LogP contribution is -2.54. The van der Waals surface area contributed by atoms with E-state index in [1.54, 1.807) is 24.4 Å². The van der Waals surface area contributed by atoms with E-state index in [-0.39, 0.29) is 48.0 Å². The number of piperidine rings is 2. The summed E-state index contributed by atoms with van der Waals surface area (Å²) < 4.78 is 18.1. The summed E-state index contributed by atoms with van der Waals surface area (Å²) in [6.07, 6.45) is 11.4. The van der Waals surface area contributed by atoms with Crippen LogP contribution in [0.15, 0.2) is 73.2 Å². The van der Waals surface area contributed by atoms with E-state index < -0.39 is 29.7 Å². The molecule has 3 fully saturated rings. The van der Waals surface area contributed by atoms with Gasteiger partial charge in [-0.1, -0.05) is 12.1 Å². The highest BCUT2D eigenvalue weighted by Gasteiger charge is 2.45. The first-order chi connectivity index (χ1) is 28.3. The van der Waals surface area contributed by atoms with Crippen molar-refractivity contribution in [2.75, 3.05) is 26.3 Å². The highest BCUT2D eigenvalue weighted by atomic mass is 16.5. The highest BCUT2D eigenvalue weighted by molar-refractivity contribution is 6.23. The van der Waals surface area contributed by atoms with Gasteiger partial charge in [0.1, 0.15) is 17.9 Å². The molecule has 1 atom stereocenters. The molecule has 6 heterocycles. The average molecular weight is 785 g/mol. The van der Waals surface area contributed by atoms with Crippen LogP contribution in [-0.2, 0) is 19.1 Å². The zero-order valence-corrected chi connectivity index (χ0v) is 32.0. The van der Waals surface area contributed by atoms with Crippen LogP contribution in [0.25, 0.3) is 32.9 Å². The Labute approximate surface area is 334 Å². The van der Waals surface area contributed by atoms with Gasteiger partial charge in [0.25, 0.3) is 11.8 Å². The predicted molar refractivity (Wildman–Crippen MR) is 212 cm³/mol. The number of carbonyl (C=O) groups is 5. The maximum atomic E-state index is 13.2. The van der Waals surface area contributed by atoms with E-state index in [0.717, 1.165) is 69.9 Å². The van der Waals surface area contributed by atoms with E-state index in [0.29, 0.717) is 50.8 Å². The summed E-state index contributed by atoms with van der Waals surface area (Å²) in [5.74, 6) is -0.907. The van der Waals surface area contributed by atoms with Crippen LogP contribution >= 0.6 is 0 Å². The normalized spacial score (nSPS) is 21.0. The molecule has 1 aliphatic carbocycles. The number of pyridine rings is 2. The second kappa shape index (κ2) is 16.0. The summed E-state index contributed by atoms with van der Waals surface area (Å²) in [4.78, 5) is 78.2. The average Bonchev–Trinajstić information content (AvgIpc) is 3.72. The zero-order valence-electron chi connectivity index (χ0n) is 32.0. The molecule has 1 saturated carbocycles. The summed E-state index contributed by atoms with van der Waals surface area (Å²) in [5.41, 5.74) is 4.61. The second-order valence-electron chi connectivity index (χ2n) is 15.6. The van der Waals surface area contributed by atoms with Gasteiger partial charge >= 0.3 is 0 Å². The fraction of sp³-hybridized carbons (Fsp3) is 0.386. The molecule has 4 aliphatic rings. The molecule has 3 aliphatic heterocycles. The van der Waals surface area contributed by atoms with Crippen molar-refractivity contribution in [3.8, 4) is 22.8 Å². The summed E-state index contributed by atoms with van der Waals surface area (Å²) >= 11 is 0. The smallest absolute Gasteiger partial charge is 0.262 e. The molecule has 0 radical (unpaired) electrons. The van der Waals surface area contributed by atoms with Crippen LogP contribution in [0.3, 0.4) is 0 Å². The number of carbonyl (C=O) groups excluding carboxylic acids is 5. The molecule has 5 aromatic rings. The molecule has 0 spiro atoms. The lowest BCUT2D eigenvalue weighted by Gasteiger charge is -2.39. The first kappa shape index (κ1) is 37.4. The predicted octanol–water partition coefficient (Wildman–Crippen LogP) is 5.59. The molecule has 0 bridgehead atoms. The Kier molecular flexibility index (Phi) is 10.3. The Balaban J connectivity index is 0.643. The van der Waals surface area contributed by atoms with Crippen LogP contribution in [0.5, 0.6) is 11.6 Å². The molecule has 9 rings (SSSR count). The minimum absolute atomic E-state index is 0.0176. The Bertz CT molecular complexity index is 2400. The number of benzene rings is 2. The Hall–Kier alpha value is -6.15. The number of H-pyrrole nitrogens is 1. The molecule has 14 nitrogen and oxygen atoms in total. The first-order valence-electron chi connectivity index (χ1n) is 20.2. The van der Waals surface area contributed by atoms with E-state index in [9.17, 15) is 24.0 Å². The van der Waals surface area contributed by atoms with Gasteiger partial charge in [0, 0.05) is 84.1 Å². The fourth-order valence-corrected chi connectivity index (χ4v) is 8.44. The third kappa shape index (κ3) is 7.51. The van der Waals surface area contributed by atoms with Crippen molar-refractivity contribution in [2.24, 2.45) is 5.92 Å². The highest BCUT2D eigenvalue weighted by Crippen LogP contribution is 2.35. The minimum atomic E-state index is -0.998. The van der Waals surface area contributed by atoms with Crippen molar-refractivity contribution in [3.63, 3.8) is 0 Å². The summed E-state index contributed by atoms with van der Waals surface area (Å²) in [6, 6.07) is 16.0.